The second-order valence-electron chi connectivity index (χ2n) is 6.89. The van der Waals surface area contributed by atoms with E-state index in [1.807, 2.05) is 12.1 Å². The molecule has 0 bridgehead atoms. The predicted octanol–water partition coefficient (Wildman–Crippen LogP) is 4.10. The van der Waals surface area contributed by atoms with Crippen LogP contribution in [0.2, 0.25) is 15.1 Å². The molecule has 2 fully saturated rings. The van der Waals surface area contributed by atoms with Crippen LogP contribution >= 0.6 is 34.8 Å². The summed E-state index contributed by atoms with van der Waals surface area (Å²) in [5.41, 5.74) is 1.57. The largest absolute Gasteiger partial charge is 0.369 e. The summed E-state index contributed by atoms with van der Waals surface area (Å²) < 4.78 is 0. The van der Waals surface area contributed by atoms with Gasteiger partial charge in [0.05, 0.1) is 28.2 Å². The minimum absolute atomic E-state index is 0.171. The fourth-order valence-corrected chi connectivity index (χ4v) is 4.15. The zero-order valence-electron chi connectivity index (χ0n) is 14.9. The van der Waals surface area contributed by atoms with E-state index in [1.54, 1.807) is 30.3 Å². The summed E-state index contributed by atoms with van der Waals surface area (Å²) >= 11 is 18.0. The molecule has 2 aliphatic heterocycles. The van der Waals surface area contributed by atoms with Crippen molar-refractivity contribution in [2.45, 2.75) is 12.5 Å². The number of anilines is 2. The van der Waals surface area contributed by atoms with Gasteiger partial charge in [-0.05, 0) is 42.5 Å². The van der Waals surface area contributed by atoms with Gasteiger partial charge in [0.15, 0.2) is 0 Å². The lowest BCUT2D eigenvalue weighted by molar-refractivity contribution is -0.123. The maximum Gasteiger partial charge on any atom is 0.251 e. The highest BCUT2D eigenvalue weighted by Gasteiger charge is 2.43. The highest BCUT2D eigenvalue weighted by Crippen LogP contribution is 2.30. The normalized spacial score (nSPS) is 20.9. The first-order valence-corrected chi connectivity index (χ1v) is 10.1. The fraction of sp³-hybridized carbons (Fsp3) is 0.300. The van der Waals surface area contributed by atoms with Gasteiger partial charge in [0.25, 0.3) is 5.91 Å². The summed E-state index contributed by atoms with van der Waals surface area (Å²) in [7, 11) is 0. The molecule has 4 rings (SSSR count). The standard InChI is InChI=1S/C20H18Cl3N3O2/c21-13-1-3-14(4-2-13)26-19(27)12-18(20(26)28)25-9-7-24(8-10-25)15-5-6-16(22)17(23)11-15/h1-6,11,18H,7-10,12H2/t18-/m0/s1. The Kier molecular flexibility index (Phi) is 5.52. The molecular weight excluding hydrogens is 421 g/mol. The van der Waals surface area contributed by atoms with Crippen molar-refractivity contribution in [2.75, 3.05) is 36.0 Å². The van der Waals surface area contributed by atoms with Crippen LogP contribution in [0, 0.1) is 0 Å². The highest BCUT2D eigenvalue weighted by atomic mass is 35.5. The quantitative estimate of drug-likeness (QED) is 0.677. The molecule has 2 saturated heterocycles. The van der Waals surface area contributed by atoms with Crippen LogP contribution in [-0.4, -0.2) is 48.9 Å². The third-order valence-electron chi connectivity index (χ3n) is 5.23. The number of rotatable bonds is 3. The lowest BCUT2D eigenvalue weighted by Crippen LogP contribution is -2.52. The third kappa shape index (κ3) is 3.72. The van der Waals surface area contributed by atoms with Gasteiger partial charge in [-0.25, -0.2) is 4.90 Å². The van der Waals surface area contributed by atoms with Crippen LogP contribution in [-0.2, 0) is 9.59 Å². The number of hydrogen-bond donors (Lipinski definition) is 0. The molecule has 146 valence electrons. The number of carbonyl (C=O) groups is 2. The molecule has 0 radical (unpaired) electrons. The molecular formula is C20H18Cl3N3O2. The van der Waals surface area contributed by atoms with Crippen LogP contribution in [0.15, 0.2) is 42.5 Å². The SMILES string of the molecule is O=C1C[C@H](N2CCN(c3ccc(Cl)c(Cl)c3)CC2)C(=O)N1c1ccc(Cl)cc1. The number of hydrogen-bond acceptors (Lipinski definition) is 4. The van der Waals surface area contributed by atoms with Crippen LogP contribution in [0.25, 0.3) is 0 Å². The molecule has 0 aromatic heterocycles. The molecule has 2 heterocycles. The zero-order valence-corrected chi connectivity index (χ0v) is 17.2. The summed E-state index contributed by atoms with van der Waals surface area (Å²) in [6, 6.07) is 11.9. The second-order valence-corrected chi connectivity index (χ2v) is 8.14. The van der Waals surface area contributed by atoms with E-state index < -0.39 is 6.04 Å². The molecule has 0 aliphatic carbocycles. The van der Waals surface area contributed by atoms with E-state index in [0.29, 0.717) is 33.8 Å². The maximum absolute atomic E-state index is 12.9. The van der Waals surface area contributed by atoms with Gasteiger partial charge in [-0.2, -0.15) is 0 Å². The molecule has 0 unspecified atom stereocenters. The lowest BCUT2D eigenvalue weighted by atomic mass is 10.1. The van der Waals surface area contributed by atoms with E-state index in [1.165, 1.54) is 4.90 Å². The van der Waals surface area contributed by atoms with Gasteiger partial charge in [0, 0.05) is 36.9 Å². The van der Waals surface area contributed by atoms with Crippen molar-refractivity contribution in [3.63, 3.8) is 0 Å². The first kappa shape index (κ1) is 19.5. The molecule has 0 saturated carbocycles. The number of piperazine rings is 1. The Morgan fingerprint density at radius 1 is 0.786 bits per heavy atom. The first-order valence-electron chi connectivity index (χ1n) is 9.00. The van der Waals surface area contributed by atoms with Crippen LogP contribution in [0.1, 0.15) is 6.42 Å². The van der Waals surface area contributed by atoms with Crippen LogP contribution in [0.3, 0.4) is 0 Å². The Balaban J connectivity index is 1.43. The predicted molar refractivity (Wildman–Crippen MR) is 113 cm³/mol. The summed E-state index contributed by atoms with van der Waals surface area (Å²) in [5, 5.41) is 1.62. The lowest BCUT2D eigenvalue weighted by Gasteiger charge is -2.38. The average molecular weight is 439 g/mol. The summed E-state index contributed by atoms with van der Waals surface area (Å²) in [5.74, 6) is -0.348. The van der Waals surface area contributed by atoms with Crippen LogP contribution in [0.5, 0.6) is 0 Å². The molecule has 28 heavy (non-hydrogen) atoms. The van der Waals surface area contributed by atoms with Gasteiger partial charge in [-0.1, -0.05) is 34.8 Å². The summed E-state index contributed by atoms with van der Waals surface area (Å²) in [4.78, 5) is 31.0. The molecule has 1 atom stereocenters. The van der Waals surface area contributed by atoms with Crippen molar-refractivity contribution in [3.8, 4) is 0 Å². The minimum Gasteiger partial charge on any atom is -0.369 e. The molecule has 0 spiro atoms. The van der Waals surface area contributed by atoms with E-state index in [4.69, 9.17) is 34.8 Å². The number of imide groups is 1. The number of halogens is 3. The van der Waals surface area contributed by atoms with Crippen molar-refractivity contribution in [2.24, 2.45) is 0 Å². The number of benzene rings is 2. The van der Waals surface area contributed by atoms with Crippen LogP contribution < -0.4 is 9.80 Å². The Morgan fingerprint density at radius 3 is 2.07 bits per heavy atom. The second kappa shape index (κ2) is 7.91. The van der Waals surface area contributed by atoms with Gasteiger partial charge in [-0.15, -0.1) is 0 Å². The maximum atomic E-state index is 12.9. The zero-order chi connectivity index (χ0) is 19.8. The fourth-order valence-electron chi connectivity index (χ4n) is 3.74. The molecule has 0 N–H and O–H groups in total. The summed E-state index contributed by atoms with van der Waals surface area (Å²) in [6.07, 6.45) is 0.203. The van der Waals surface area contributed by atoms with Gasteiger partial charge < -0.3 is 4.90 Å². The van der Waals surface area contributed by atoms with Crippen molar-refractivity contribution in [1.29, 1.82) is 0 Å². The van der Waals surface area contributed by atoms with E-state index in [9.17, 15) is 9.59 Å². The smallest absolute Gasteiger partial charge is 0.251 e. The molecule has 8 heteroatoms. The van der Waals surface area contributed by atoms with Crippen molar-refractivity contribution < 1.29 is 9.59 Å². The van der Waals surface area contributed by atoms with Crippen molar-refractivity contribution in [3.05, 3.63) is 57.5 Å². The molecule has 2 amide bonds. The van der Waals surface area contributed by atoms with E-state index in [-0.39, 0.29) is 18.2 Å². The molecule has 5 nitrogen and oxygen atoms in total. The third-order valence-corrected chi connectivity index (χ3v) is 6.22. The molecule has 2 aliphatic rings. The van der Waals surface area contributed by atoms with E-state index in [0.717, 1.165) is 18.8 Å². The first-order chi connectivity index (χ1) is 13.4. The van der Waals surface area contributed by atoms with Gasteiger partial charge in [0.2, 0.25) is 5.91 Å². The van der Waals surface area contributed by atoms with E-state index >= 15 is 0 Å². The Labute approximate surface area is 178 Å². The Bertz CT molecular complexity index is 911. The Morgan fingerprint density at radius 2 is 1.43 bits per heavy atom. The monoisotopic (exact) mass is 437 g/mol. The summed E-state index contributed by atoms with van der Waals surface area (Å²) in [6.45, 7) is 2.88. The number of nitrogens with zero attached hydrogens (tertiary/aromatic N) is 3. The average Bonchev–Trinajstić information content (AvgIpc) is 2.99. The van der Waals surface area contributed by atoms with Gasteiger partial charge >= 0.3 is 0 Å². The topological polar surface area (TPSA) is 43.9 Å². The number of carbonyl (C=O) groups excluding carboxylic acids is 2. The Hall–Kier alpha value is -1.79. The minimum atomic E-state index is -0.417. The van der Waals surface area contributed by atoms with Crippen LogP contribution in [0.4, 0.5) is 11.4 Å². The van der Waals surface area contributed by atoms with Gasteiger partial charge in [0.1, 0.15) is 0 Å². The van der Waals surface area contributed by atoms with Gasteiger partial charge in [-0.3, -0.25) is 14.5 Å². The highest BCUT2D eigenvalue weighted by molar-refractivity contribution is 6.42. The molecule has 2 aromatic carbocycles. The molecule has 2 aromatic rings. The van der Waals surface area contributed by atoms with E-state index in [2.05, 4.69) is 9.80 Å². The number of amides is 2. The van der Waals surface area contributed by atoms with Crippen molar-refractivity contribution in [1.82, 2.24) is 4.90 Å². The van der Waals surface area contributed by atoms with Crippen molar-refractivity contribution >= 4 is 58.0 Å².